The van der Waals surface area contributed by atoms with E-state index in [1.165, 1.54) is 12.8 Å². The maximum Gasteiger partial charge on any atom is 0.161 e. The van der Waals surface area contributed by atoms with Gasteiger partial charge in [0.2, 0.25) is 0 Å². The van der Waals surface area contributed by atoms with Gasteiger partial charge in [0.25, 0.3) is 0 Å². The second-order valence-corrected chi connectivity index (χ2v) is 5.97. The number of hydrogen-bond donors (Lipinski definition) is 2. The smallest absolute Gasteiger partial charge is 0.161 e. The normalized spacial score (nSPS) is 17.3. The topological polar surface area (TPSA) is 50.7 Å². The Morgan fingerprint density at radius 1 is 1.24 bits per heavy atom. The van der Waals surface area contributed by atoms with Gasteiger partial charge in [-0.1, -0.05) is 12.1 Å². The zero-order valence-electron chi connectivity index (χ0n) is 13.1. The summed E-state index contributed by atoms with van der Waals surface area (Å²) in [6.45, 7) is 5.48. The van der Waals surface area contributed by atoms with Gasteiger partial charge in [-0.25, -0.2) is 0 Å². The van der Waals surface area contributed by atoms with Crippen LogP contribution in [0.25, 0.3) is 0 Å². The predicted octanol–water partition coefficient (Wildman–Crippen LogP) is 2.75. The van der Waals surface area contributed by atoms with Crippen molar-refractivity contribution in [2.75, 3.05) is 19.8 Å². The Labute approximate surface area is 127 Å². The van der Waals surface area contributed by atoms with Crippen LogP contribution in [0.5, 0.6) is 11.5 Å². The third-order valence-electron chi connectivity index (χ3n) is 3.76. The van der Waals surface area contributed by atoms with Gasteiger partial charge in [-0.3, -0.25) is 0 Å². The second-order valence-electron chi connectivity index (χ2n) is 5.97. The summed E-state index contributed by atoms with van der Waals surface area (Å²) in [5, 5.41) is 13.1. The van der Waals surface area contributed by atoms with Gasteiger partial charge in [0.1, 0.15) is 0 Å². The first-order chi connectivity index (χ1) is 10.2. The second kappa shape index (κ2) is 7.66. The van der Waals surface area contributed by atoms with Crippen molar-refractivity contribution in [1.29, 1.82) is 0 Å². The molecule has 1 aliphatic rings. The fraction of sp³-hybridized carbons (Fsp3) is 0.647. The van der Waals surface area contributed by atoms with Crippen molar-refractivity contribution in [3.63, 3.8) is 0 Å². The van der Waals surface area contributed by atoms with Gasteiger partial charge in [0.05, 0.1) is 19.8 Å². The van der Waals surface area contributed by atoms with Crippen LogP contribution in [0.3, 0.4) is 0 Å². The predicted molar refractivity (Wildman–Crippen MR) is 84.0 cm³/mol. The Bertz CT molecular complexity index is 434. The summed E-state index contributed by atoms with van der Waals surface area (Å²) in [6.07, 6.45) is 4.26. The molecule has 0 saturated heterocycles. The van der Waals surface area contributed by atoms with Crippen LogP contribution in [0.1, 0.15) is 39.5 Å². The first-order valence-corrected chi connectivity index (χ1v) is 7.90. The first kappa shape index (κ1) is 16.1. The monoisotopic (exact) mass is 293 g/mol. The Kier molecular flexibility index (Phi) is 5.88. The number of aliphatic hydroxyl groups excluding tert-OH is 1. The zero-order chi connectivity index (χ0) is 15.1. The largest absolute Gasteiger partial charge is 0.490 e. The molecule has 1 aromatic rings. The molecule has 0 aromatic heterocycles. The van der Waals surface area contributed by atoms with E-state index in [-0.39, 0.29) is 12.1 Å². The minimum absolute atomic E-state index is 0.166. The third kappa shape index (κ3) is 5.21. The molecule has 2 rings (SSSR count). The van der Waals surface area contributed by atoms with Gasteiger partial charge in [0.15, 0.2) is 11.5 Å². The molecule has 0 radical (unpaired) electrons. The van der Waals surface area contributed by atoms with Gasteiger partial charge in [-0.2, -0.15) is 0 Å². The van der Waals surface area contributed by atoms with Gasteiger partial charge in [-0.15, -0.1) is 0 Å². The van der Waals surface area contributed by atoms with E-state index >= 15 is 0 Å². The van der Waals surface area contributed by atoms with Crippen LogP contribution >= 0.6 is 0 Å². The molecule has 1 unspecified atom stereocenters. The van der Waals surface area contributed by atoms with Crippen LogP contribution in [-0.2, 0) is 0 Å². The van der Waals surface area contributed by atoms with E-state index in [1.807, 2.05) is 31.2 Å². The number of hydrogen-bond acceptors (Lipinski definition) is 4. The van der Waals surface area contributed by atoms with E-state index in [4.69, 9.17) is 9.47 Å². The molecule has 2 N–H and O–H groups in total. The summed E-state index contributed by atoms with van der Waals surface area (Å²) in [7, 11) is 0. The summed E-state index contributed by atoms with van der Waals surface area (Å²) in [5.74, 6) is 1.58. The Morgan fingerprint density at radius 3 is 2.48 bits per heavy atom. The number of aliphatic hydroxyl groups is 1. The summed E-state index contributed by atoms with van der Waals surface area (Å²) in [5.41, 5.74) is -0.191. The summed E-state index contributed by atoms with van der Waals surface area (Å²) in [6, 6.07) is 8.34. The standard InChI is InChI=1S/C17H27NO3/c1-3-20-15-7-4-5-8-16(15)21-12-6-11-17(2,13-19)18-14-9-10-14/h4-5,7-8,14,18-19H,3,6,9-13H2,1-2H3. The molecule has 21 heavy (non-hydrogen) atoms. The Balaban J connectivity index is 1.75. The molecule has 1 aromatic carbocycles. The average Bonchev–Trinajstić information content (AvgIpc) is 3.29. The lowest BCUT2D eigenvalue weighted by atomic mass is 9.97. The minimum atomic E-state index is -0.191. The van der Waals surface area contributed by atoms with Crippen molar-refractivity contribution < 1.29 is 14.6 Å². The minimum Gasteiger partial charge on any atom is -0.490 e. The van der Waals surface area contributed by atoms with E-state index in [2.05, 4.69) is 12.2 Å². The van der Waals surface area contributed by atoms with Crippen LogP contribution in [-0.4, -0.2) is 36.5 Å². The van der Waals surface area contributed by atoms with Crippen LogP contribution in [0.2, 0.25) is 0 Å². The molecule has 1 saturated carbocycles. The highest BCUT2D eigenvalue weighted by molar-refractivity contribution is 5.39. The maximum absolute atomic E-state index is 9.57. The quantitative estimate of drug-likeness (QED) is 0.651. The maximum atomic E-state index is 9.57. The zero-order valence-corrected chi connectivity index (χ0v) is 13.1. The Hall–Kier alpha value is -1.26. The van der Waals surface area contributed by atoms with Gasteiger partial charge >= 0.3 is 0 Å². The molecule has 0 bridgehead atoms. The number of nitrogens with one attached hydrogen (secondary N) is 1. The lowest BCUT2D eigenvalue weighted by Gasteiger charge is -2.29. The van der Waals surface area contributed by atoms with Crippen molar-refractivity contribution in [3.8, 4) is 11.5 Å². The van der Waals surface area contributed by atoms with Crippen LogP contribution in [0, 0.1) is 0 Å². The summed E-state index contributed by atoms with van der Waals surface area (Å²) < 4.78 is 11.4. The molecule has 1 aliphatic carbocycles. The molecular formula is C17H27NO3. The highest BCUT2D eigenvalue weighted by atomic mass is 16.5. The molecule has 4 nitrogen and oxygen atoms in total. The fourth-order valence-corrected chi connectivity index (χ4v) is 2.41. The molecule has 118 valence electrons. The lowest BCUT2D eigenvalue weighted by Crippen LogP contribution is -2.47. The summed E-state index contributed by atoms with van der Waals surface area (Å²) >= 11 is 0. The molecule has 1 atom stereocenters. The highest BCUT2D eigenvalue weighted by Gasteiger charge is 2.31. The summed E-state index contributed by atoms with van der Waals surface area (Å²) in [4.78, 5) is 0. The molecule has 0 amide bonds. The molecule has 1 fully saturated rings. The number of benzene rings is 1. The van der Waals surface area contributed by atoms with E-state index in [9.17, 15) is 5.11 Å². The average molecular weight is 293 g/mol. The lowest BCUT2D eigenvalue weighted by molar-refractivity contribution is 0.153. The van der Waals surface area contributed by atoms with Gasteiger partial charge in [0, 0.05) is 11.6 Å². The van der Waals surface area contributed by atoms with Crippen molar-refractivity contribution >= 4 is 0 Å². The van der Waals surface area contributed by atoms with Crippen LogP contribution < -0.4 is 14.8 Å². The van der Waals surface area contributed by atoms with Crippen LogP contribution in [0.4, 0.5) is 0 Å². The fourth-order valence-electron chi connectivity index (χ4n) is 2.41. The Morgan fingerprint density at radius 2 is 1.90 bits per heavy atom. The van der Waals surface area contributed by atoms with Gasteiger partial charge < -0.3 is 19.9 Å². The van der Waals surface area contributed by atoms with Crippen molar-refractivity contribution in [1.82, 2.24) is 5.32 Å². The number of para-hydroxylation sites is 2. The van der Waals surface area contributed by atoms with E-state index < -0.39 is 0 Å². The van der Waals surface area contributed by atoms with E-state index in [0.29, 0.717) is 19.3 Å². The molecule has 0 aliphatic heterocycles. The van der Waals surface area contributed by atoms with Gasteiger partial charge in [-0.05, 0) is 51.7 Å². The van der Waals surface area contributed by atoms with E-state index in [1.54, 1.807) is 0 Å². The number of rotatable bonds is 10. The SMILES string of the molecule is CCOc1ccccc1OCCCC(C)(CO)NC1CC1. The van der Waals surface area contributed by atoms with E-state index in [0.717, 1.165) is 24.3 Å². The molecular weight excluding hydrogens is 266 g/mol. The molecule has 4 heteroatoms. The third-order valence-corrected chi connectivity index (χ3v) is 3.76. The molecule has 0 heterocycles. The molecule has 0 spiro atoms. The van der Waals surface area contributed by atoms with Crippen molar-refractivity contribution in [2.45, 2.75) is 51.1 Å². The van der Waals surface area contributed by atoms with Crippen molar-refractivity contribution in [2.24, 2.45) is 0 Å². The first-order valence-electron chi connectivity index (χ1n) is 7.90. The number of ether oxygens (including phenoxy) is 2. The van der Waals surface area contributed by atoms with Crippen molar-refractivity contribution in [3.05, 3.63) is 24.3 Å². The highest BCUT2D eigenvalue weighted by Crippen LogP contribution is 2.27. The van der Waals surface area contributed by atoms with Crippen LogP contribution in [0.15, 0.2) is 24.3 Å².